The van der Waals surface area contributed by atoms with Crippen LogP contribution in [0.3, 0.4) is 0 Å². The number of aromatic nitrogens is 1. The van der Waals surface area contributed by atoms with Crippen molar-refractivity contribution >= 4 is 11.5 Å². The summed E-state index contributed by atoms with van der Waals surface area (Å²) in [5.41, 5.74) is 7.82. The molecule has 88 valence electrons. The first kappa shape index (κ1) is 11.2. The molecule has 1 aliphatic carbocycles. The molecule has 0 radical (unpaired) electrons. The lowest BCUT2D eigenvalue weighted by Crippen LogP contribution is -2.34. The van der Waals surface area contributed by atoms with E-state index in [-0.39, 0.29) is 0 Å². The van der Waals surface area contributed by atoms with Gasteiger partial charge in [-0.2, -0.15) is 0 Å². The number of hydrogen-bond acceptors (Lipinski definition) is 3. The van der Waals surface area contributed by atoms with Crippen molar-refractivity contribution in [3.8, 4) is 0 Å². The van der Waals surface area contributed by atoms with Crippen molar-refractivity contribution in [1.82, 2.24) is 4.98 Å². The van der Waals surface area contributed by atoms with E-state index in [2.05, 4.69) is 16.9 Å². The molecule has 1 aromatic heterocycles. The maximum atomic E-state index is 5.99. The summed E-state index contributed by atoms with van der Waals surface area (Å²) >= 11 is 0. The molecule has 1 fully saturated rings. The van der Waals surface area contributed by atoms with E-state index in [0.29, 0.717) is 6.04 Å². The molecule has 1 aromatic rings. The number of aryl methyl sites for hydroxylation is 1. The van der Waals surface area contributed by atoms with Gasteiger partial charge in [0.15, 0.2) is 5.82 Å². The minimum atomic E-state index is 0.616. The Labute approximate surface area is 97.7 Å². The minimum absolute atomic E-state index is 0.616. The van der Waals surface area contributed by atoms with Crippen LogP contribution in [-0.4, -0.2) is 18.1 Å². The Bertz CT molecular complexity index is 356. The summed E-state index contributed by atoms with van der Waals surface area (Å²) in [4.78, 5) is 6.81. The monoisotopic (exact) mass is 219 g/mol. The van der Waals surface area contributed by atoms with Crippen LogP contribution in [-0.2, 0) is 0 Å². The smallest absolute Gasteiger partial charge is 0.152 e. The van der Waals surface area contributed by atoms with Gasteiger partial charge in [0.2, 0.25) is 0 Å². The average molecular weight is 219 g/mol. The SMILES string of the molecule is Cc1ccc(N)c(N(C)C2CCCCC2)n1. The van der Waals surface area contributed by atoms with E-state index < -0.39 is 0 Å². The van der Waals surface area contributed by atoms with Gasteiger partial charge in [0.25, 0.3) is 0 Å². The van der Waals surface area contributed by atoms with Gasteiger partial charge in [-0.3, -0.25) is 0 Å². The van der Waals surface area contributed by atoms with Crippen molar-refractivity contribution in [3.05, 3.63) is 17.8 Å². The van der Waals surface area contributed by atoms with Gasteiger partial charge >= 0.3 is 0 Å². The molecule has 3 heteroatoms. The number of hydrogen-bond donors (Lipinski definition) is 1. The molecule has 0 aromatic carbocycles. The van der Waals surface area contributed by atoms with Gasteiger partial charge in [-0.1, -0.05) is 19.3 Å². The van der Waals surface area contributed by atoms with Crippen LogP contribution in [0.1, 0.15) is 37.8 Å². The zero-order valence-corrected chi connectivity index (χ0v) is 10.2. The second-order valence-corrected chi connectivity index (χ2v) is 4.77. The van der Waals surface area contributed by atoms with Gasteiger partial charge < -0.3 is 10.6 Å². The highest BCUT2D eigenvalue weighted by Crippen LogP contribution is 2.28. The fourth-order valence-electron chi connectivity index (χ4n) is 2.48. The van der Waals surface area contributed by atoms with E-state index in [1.165, 1.54) is 32.1 Å². The van der Waals surface area contributed by atoms with Crippen LogP contribution in [0.5, 0.6) is 0 Å². The largest absolute Gasteiger partial charge is 0.396 e. The standard InChI is InChI=1S/C13H21N3/c1-10-8-9-12(14)13(15-10)16(2)11-6-4-3-5-7-11/h8-9,11H,3-7,14H2,1-2H3. The molecule has 1 saturated carbocycles. The number of nitrogens with zero attached hydrogens (tertiary/aromatic N) is 2. The van der Waals surface area contributed by atoms with Gasteiger partial charge in [0, 0.05) is 18.8 Å². The quantitative estimate of drug-likeness (QED) is 0.831. The Kier molecular flexibility index (Phi) is 3.32. The summed E-state index contributed by atoms with van der Waals surface area (Å²) in [6.07, 6.45) is 6.58. The van der Waals surface area contributed by atoms with E-state index in [4.69, 9.17) is 5.73 Å². The van der Waals surface area contributed by atoms with Gasteiger partial charge in [-0.25, -0.2) is 4.98 Å². The first-order valence-electron chi connectivity index (χ1n) is 6.14. The van der Waals surface area contributed by atoms with Crippen LogP contribution in [0.2, 0.25) is 0 Å². The molecule has 1 aliphatic rings. The predicted octanol–water partition coefficient (Wildman–Crippen LogP) is 2.74. The first-order valence-corrected chi connectivity index (χ1v) is 6.14. The zero-order valence-electron chi connectivity index (χ0n) is 10.2. The number of nitrogen functional groups attached to an aromatic ring is 1. The van der Waals surface area contributed by atoms with Crippen molar-refractivity contribution in [2.45, 2.75) is 45.1 Å². The third-order valence-corrected chi connectivity index (χ3v) is 3.50. The topological polar surface area (TPSA) is 42.1 Å². The van der Waals surface area contributed by atoms with Crippen molar-refractivity contribution in [2.24, 2.45) is 0 Å². The number of pyridine rings is 1. The molecule has 0 saturated heterocycles. The molecular weight excluding hydrogens is 198 g/mol. The van der Waals surface area contributed by atoms with Gasteiger partial charge in [0.1, 0.15) is 0 Å². The van der Waals surface area contributed by atoms with Crippen molar-refractivity contribution in [1.29, 1.82) is 0 Å². The molecule has 0 amide bonds. The maximum absolute atomic E-state index is 5.99. The van der Waals surface area contributed by atoms with Gasteiger partial charge in [-0.05, 0) is 31.9 Å². The van der Waals surface area contributed by atoms with E-state index in [0.717, 1.165) is 17.2 Å². The number of anilines is 2. The third kappa shape index (κ3) is 2.29. The van der Waals surface area contributed by atoms with Gasteiger partial charge in [0.05, 0.1) is 5.69 Å². The number of nitrogens with two attached hydrogens (primary N) is 1. The second kappa shape index (κ2) is 4.73. The van der Waals surface area contributed by atoms with Crippen LogP contribution in [0.4, 0.5) is 11.5 Å². The highest BCUT2D eigenvalue weighted by atomic mass is 15.2. The molecule has 0 spiro atoms. The van der Waals surface area contributed by atoms with Crippen LogP contribution < -0.4 is 10.6 Å². The van der Waals surface area contributed by atoms with E-state index >= 15 is 0 Å². The predicted molar refractivity (Wildman–Crippen MR) is 68.7 cm³/mol. The molecule has 3 nitrogen and oxygen atoms in total. The third-order valence-electron chi connectivity index (χ3n) is 3.50. The Balaban J connectivity index is 2.18. The Morgan fingerprint density at radius 1 is 1.25 bits per heavy atom. The molecule has 0 unspecified atom stereocenters. The molecule has 16 heavy (non-hydrogen) atoms. The lowest BCUT2D eigenvalue weighted by atomic mass is 9.94. The summed E-state index contributed by atoms with van der Waals surface area (Å²) in [6, 6.07) is 4.54. The Morgan fingerprint density at radius 3 is 2.62 bits per heavy atom. The van der Waals surface area contributed by atoms with Gasteiger partial charge in [-0.15, -0.1) is 0 Å². The summed E-state index contributed by atoms with van der Waals surface area (Å²) in [7, 11) is 2.12. The molecular formula is C13H21N3. The fourth-order valence-corrected chi connectivity index (χ4v) is 2.48. The van der Waals surface area contributed by atoms with Crippen molar-refractivity contribution in [2.75, 3.05) is 17.7 Å². The lowest BCUT2D eigenvalue weighted by molar-refractivity contribution is 0.426. The Morgan fingerprint density at radius 2 is 1.94 bits per heavy atom. The maximum Gasteiger partial charge on any atom is 0.152 e. The molecule has 1 heterocycles. The highest BCUT2D eigenvalue weighted by Gasteiger charge is 2.20. The molecule has 0 bridgehead atoms. The van der Waals surface area contributed by atoms with Crippen LogP contribution in [0.15, 0.2) is 12.1 Å². The second-order valence-electron chi connectivity index (χ2n) is 4.77. The highest BCUT2D eigenvalue weighted by molar-refractivity contribution is 5.63. The summed E-state index contributed by atoms with van der Waals surface area (Å²) in [5, 5.41) is 0. The summed E-state index contributed by atoms with van der Waals surface area (Å²) in [5.74, 6) is 0.951. The van der Waals surface area contributed by atoms with E-state index in [1.54, 1.807) is 0 Å². The fraction of sp³-hybridized carbons (Fsp3) is 0.615. The normalized spacial score (nSPS) is 17.4. The Hall–Kier alpha value is -1.25. The molecule has 0 atom stereocenters. The van der Waals surface area contributed by atoms with Crippen LogP contribution >= 0.6 is 0 Å². The molecule has 2 N–H and O–H groups in total. The lowest BCUT2D eigenvalue weighted by Gasteiger charge is -2.32. The molecule has 2 rings (SSSR count). The van der Waals surface area contributed by atoms with E-state index in [1.807, 2.05) is 19.1 Å². The summed E-state index contributed by atoms with van der Waals surface area (Å²) in [6.45, 7) is 2.01. The van der Waals surface area contributed by atoms with Crippen molar-refractivity contribution in [3.63, 3.8) is 0 Å². The molecule has 0 aliphatic heterocycles. The first-order chi connectivity index (χ1) is 7.68. The zero-order chi connectivity index (χ0) is 11.5. The van der Waals surface area contributed by atoms with E-state index in [9.17, 15) is 0 Å². The summed E-state index contributed by atoms with van der Waals surface area (Å²) < 4.78 is 0. The minimum Gasteiger partial charge on any atom is -0.396 e. The van der Waals surface area contributed by atoms with Crippen LogP contribution in [0.25, 0.3) is 0 Å². The number of rotatable bonds is 2. The van der Waals surface area contributed by atoms with Crippen molar-refractivity contribution < 1.29 is 0 Å². The average Bonchev–Trinajstić information content (AvgIpc) is 2.32. The van der Waals surface area contributed by atoms with Crippen LogP contribution in [0, 0.1) is 6.92 Å².